The zero-order valence-electron chi connectivity index (χ0n) is 19.9. The lowest BCUT2D eigenvalue weighted by atomic mass is 10.1. The van der Waals surface area contributed by atoms with E-state index in [9.17, 15) is 4.79 Å². The summed E-state index contributed by atoms with van der Waals surface area (Å²) in [7, 11) is 5.58. The average molecular weight is 459 g/mol. The van der Waals surface area contributed by atoms with Gasteiger partial charge in [-0.2, -0.15) is 10.2 Å². The van der Waals surface area contributed by atoms with E-state index in [0.717, 1.165) is 39.9 Å². The molecule has 4 aromatic rings. The Bertz CT molecular complexity index is 1290. The lowest BCUT2D eigenvalue weighted by Crippen LogP contribution is -2.38. The lowest BCUT2D eigenvalue weighted by molar-refractivity contribution is 0.0653. The molecule has 1 fully saturated rings. The molecular formula is C26H30N6O2. The smallest absolute Gasteiger partial charge is 0.276 e. The van der Waals surface area contributed by atoms with Gasteiger partial charge in [0.25, 0.3) is 5.91 Å². The summed E-state index contributed by atoms with van der Waals surface area (Å²) in [5, 5.41) is 12.7. The first-order valence-corrected chi connectivity index (χ1v) is 11.6. The van der Waals surface area contributed by atoms with Crippen molar-refractivity contribution in [2.75, 3.05) is 27.9 Å². The molecule has 2 aromatic carbocycles. The van der Waals surface area contributed by atoms with Crippen LogP contribution < -0.4 is 4.74 Å². The van der Waals surface area contributed by atoms with Crippen LogP contribution in [-0.4, -0.2) is 63.6 Å². The van der Waals surface area contributed by atoms with Crippen molar-refractivity contribution in [2.24, 2.45) is 5.92 Å². The van der Waals surface area contributed by atoms with Gasteiger partial charge in [-0.3, -0.25) is 19.5 Å². The molecule has 1 aliphatic rings. The van der Waals surface area contributed by atoms with E-state index in [4.69, 9.17) is 9.84 Å². The van der Waals surface area contributed by atoms with Crippen LogP contribution in [0.25, 0.3) is 22.0 Å². The van der Waals surface area contributed by atoms with E-state index < -0.39 is 0 Å². The Balaban J connectivity index is 1.52. The zero-order chi connectivity index (χ0) is 23.7. The number of hydrogen-bond acceptors (Lipinski definition) is 5. The molecule has 176 valence electrons. The molecule has 0 spiro atoms. The van der Waals surface area contributed by atoms with Gasteiger partial charge >= 0.3 is 0 Å². The van der Waals surface area contributed by atoms with Crippen molar-refractivity contribution < 1.29 is 9.53 Å². The Labute approximate surface area is 199 Å². The summed E-state index contributed by atoms with van der Waals surface area (Å²) in [6.45, 7) is 1.79. The van der Waals surface area contributed by atoms with Crippen LogP contribution in [0.1, 0.15) is 28.9 Å². The van der Waals surface area contributed by atoms with Gasteiger partial charge in [0, 0.05) is 30.2 Å². The predicted octanol–water partition coefficient (Wildman–Crippen LogP) is 4.01. The van der Waals surface area contributed by atoms with E-state index >= 15 is 0 Å². The third kappa shape index (κ3) is 4.68. The second kappa shape index (κ2) is 9.30. The number of nitrogens with one attached hydrogen (secondary N) is 1. The molecule has 1 aliphatic carbocycles. The maximum absolute atomic E-state index is 13.9. The van der Waals surface area contributed by atoms with Crippen molar-refractivity contribution >= 4 is 16.8 Å². The number of aromatic nitrogens is 4. The van der Waals surface area contributed by atoms with Gasteiger partial charge in [0.15, 0.2) is 5.69 Å². The SMILES string of the molecule is COc1cccc(CN(CN(C)C)C(=O)c2nn(CC3CC3)c3cc(-c4cn[nH]c4)ccc23)c1. The summed E-state index contributed by atoms with van der Waals surface area (Å²) in [6.07, 6.45) is 6.12. The Morgan fingerprint density at radius 3 is 2.74 bits per heavy atom. The topological polar surface area (TPSA) is 79.3 Å². The molecule has 0 radical (unpaired) electrons. The number of ether oxygens (including phenoxy) is 1. The molecule has 0 aliphatic heterocycles. The van der Waals surface area contributed by atoms with E-state index in [1.165, 1.54) is 12.8 Å². The second-order valence-electron chi connectivity index (χ2n) is 9.27. The number of nitrogens with zero attached hydrogens (tertiary/aromatic N) is 5. The standard InChI is InChI=1S/C26H30N6O2/c1-30(2)17-31(15-19-5-4-6-22(11-19)34-3)26(33)25-23-10-9-20(21-13-27-28-14-21)12-24(23)32(29-25)16-18-7-8-18/h4-6,9-14,18H,7-8,15-17H2,1-3H3,(H,27,28). The zero-order valence-corrected chi connectivity index (χ0v) is 19.9. The summed E-state index contributed by atoms with van der Waals surface area (Å²) >= 11 is 0. The van der Waals surface area contributed by atoms with Crippen LogP contribution >= 0.6 is 0 Å². The number of H-pyrrole nitrogens is 1. The van der Waals surface area contributed by atoms with E-state index in [-0.39, 0.29) is 5.91 Å². The van der Waals surface area contributed by atoms with Gasteiger partial charge in [0.2, 0.25) is 0 Å². The number of carbonyl (C=O) groups excluding carboxylic acids is 1. The maximum atomic E-state index is 13.9. The molecule has 1 saturated carbocycles. The molecule has 2 heterocycles. The normalized spacial score (nSPS) is 13.5. The van der Waals surface area contributed by atoms with E-state index in [1.807, 2.05) is 77.4 Å². The van der Waals surface area contributed by atoms with Crippen LogP contribution in [0.15, 0.2) is 54.9 Å². The van der Waals surface area contributed by atoms with Gasteiger partial charge in [0.05, 0.1) is 25.5 Å². The van der Waals surface area contributed by atoms with Crippen LogP contribution in [0.3, 0.4) is 0 Å². The molecule has 2 aromatic heterocycles. The number of fused-ring (bicyclic) bond motifs is 1. The van der Waals surface area contributed by atoms with Crippen molar-refractivity contribution in [2.45, 2.75) is 25.9 Å². The summed E-state index contributed by atoms with van der Waals surface area (Å²) in [5.41, 5.74) is 4.57. The molecule has 5 rings (SSSR count). The molecule has 0 atom stereocenters. The van der Waals surface area contributed by atoms with Gasteiger partial charge in [-0.1, -0.05) is 18.2 Å². The number of rotatable bonds is 9. The van der Waals surface area contributed by atoms with E-state index in [0.29, 0.717) is 24.8 Å². The van der Waals surface area contributed by atoms with Gasteiger partial charge < -0.3 is 9.64 Å². The molecule has 8 nitrogen and oxygen atoms in total. The molecule has 0 saturated heterocycles. The minimum atomic E-state index is -0.0767. The second-order valence-corrected chi connectivity index (χ2v) is 9.27. The maximum Gasteiger partial charge on any atom is 0.276 e. The van der Waals surface area contributed by atoms with E-state index in [2.05, 4.69) is 16.3 Å². The van der Waals surface area contributed by atoms with Crippen molar-refractivity contribution in [3.8, 4) is 16.9 Å². The van der Waals surface area contributed by atoms with Crippen molar-refractivity contribution in [3.05, 3.63) is 66.1 Å². The quantitative estimate of drug-likeness (QED) is 0.384. The van der Waals surface area contributed by atoms with Gasteiger partial charge in [-0.25, -0.2) is 0 Å². The molecule has 8 heteroatoms. The molecule has 0 unspecified atom stereocenters. The van der Waals surface area contributed by atoms with E-state index in [1.54, 1.807) is 7.11 Å². The highest BCUT2D eigenvalue weighted by Gasteiger charge is 2.27. The molecular weight excluding hydrogens is 428 g/mol. The molecule has 0 bridgehead atoms. The lowest BCUT2D eigenvalue weighted by Gasteiger charge is -2.25. The third-order valence-corrected chi connectivity index (χ3v) is 6.16. The first-order chi connectivity index (χ1) is 16.5. The highest BCUT2D eigenvalue weighted by molar-refractivity contribution is 6.05. The van der Waals surface area contributed by atoms with Crippen molar-refractivity contribution in [1.29, 1.82) is 0 Å². The number of carbonyl (C=O) groups is 1. The molecule has 34 heavy (non-hydrogen) atoms. The monoisotopic (exact) mass is 458 g/mol. The van der Waals surface area contributed by atoms with Crippen molar-refractivity contribution in [1.82, 2.24) is 29.8 Å². The first kappa shape index (κ1) is 22.2. The van der Waals surface area contributed by atoms with Crippen LogP contribution in [0.4, 0.5) is 0 Å². The summed E-state index contributed by atoms with van der Waals surface area (Å²) in [6, 6.07) is 14.0. The fourth-order valence-corrected chi connectivity index (χ4v) is 4.27. The highest BCUT2D eigenvalue weighted by Crippen LogP contribution is 2.33. The van der Waals surface area contributed by atoms with Crippen molar-refractivity contribution in [3.63, 3.8) is 0 Å². The fraction of sp³-hybridized carbons (Fsp3) is 0.346. The fourth-order valence-electron chi connectivity index (χ4n) is 4.27. The Hall–Kier alpha value is -3.65. The summed E-state index contributed by atoms with van der Waals surface area (Å²) in [5.74, 6) is 1.34. The van der Waals surface area contributed by atoms with Crippen LogP contribution in [0, 0.1) is 5.92 Å². The first-order valence-electron chi connectivity index (χ1n) is 11.6. The Kier molecular flexibility index (Phi) is 6.06. The minimum Gasteiger partial charge on any atom is -0.497 e. The number of methoxy groups -OCH3 is 1. The van der Waals surface area contributed by atoms with Crippen LogP contribution in [0.5, 0.6) is 5.75 Å². The van der Waals surface area contributed by atoms with Crippen LogP contribution in [0.2, 0.25) is 0 Å². The number of hydrogen-bond donors (Lipinski definition) is 1. The van der Waals surface area contributed by atoms with Gasteiger partial charge in [-0.15, -0.1) is 0 Å². The third-order valence-electron chi connectivity index (χ3n) is 6.16. The number of aromatic amines is 1. The Morgan fingerprint density at radius 1 is 1.18 bits per heavy atom. The highest BCUT2D eigenvalue weighted by atomic mass is 16.5. The van der Waals surface area contributed by atoms with Gasteiger partial charge in [0.1, 0.15) is 5.75 Å². The number of benzene rings is 2. The summed E-state index contributed by atoms with van der Waals surface area (Å²) < 4.78 is 7.39. The summed E-state index contributed by atoms with van der Waals surface area (Å²) in [4.78, 5) is 17.7. The predicted molar refractivity (Wildman–Crippen MR) is 131 cm³/mol. The minimum absolute atomic E-state index is 0.0767. The van der Waals surface area contributed by atoms with Crippen LogP contribution in [-0.2, 0) is 13.1 Å². The molecule has 1 amide bonds. The number of amides is 1. The van der Waals surface area contributed by atoms with Gasteiger partial charge in [-0.05, 0) is 68.2 Å². The average Bonchev–Trinajstić information content (AvgIpc) is 3.34. The molecule has 1 N–H and O–H groups in total. The largest absolute Gasteiger partial charge is 0.497 e. The Morgan fingerprint density at radius 2 is 2.03 bits per heavy atom.